The molecule has 0 spiro atoms. The zero-order valence-electron chi connectivity index (χ0n) is 7.48. The van der Waals surface area contributed by atoms with Crippen molar-refractivity contribution in [2.24, 2.45) is 0 Å². The van der Waals surface area contributed by atoms with Gasteiger partial charge in [-0.1, -0.05) is 0 Å². The van der Waals surface area contributed by atoms with Crippen LogP contribution in [0.25, 0.3) is 0 Å². The average Bonchev–Trinajstić information content (AvgIpc) is 2.47. The van der Waals surface area contributed by atoms with E-state index >= 15 is 0 Å². The van der Waals surface area contributed by atoms with E-state index in [2.05, 4.69) is 50.4 Å². The summed E-state index contributed by atoms with van der Waals surface area (Å²) in [7, 11) is 4.49. The molecule has 13 heavy (non-hydrogen) atoms. The molecule has 0 aromatic heterocycles. The van der Waals surface area contributed by atoms with Crippen molar-refractivity contribution in [2.75, 3.05) is 11.5 Å². The van der Waals surface area contributed by atoms with Crippen LogP contribution in [0.2, 0.25) is 0 Å². The zero-order chi connectivity index (χ0) is 8.93. The predicted octanol–water partition coefficient (Wildman–Crippen LogP) is 2.64. The molecule has 1 aliphatic rings. The number of hydrogen-bond acceptors (Lipinski definition) is 2. The number of rotatable bonds is 1. The summed E-state index contributed by atoms with van der Waals surface area (Å²) in [6.45, 7) is 0. The molecule has 1 heterocycles. The second-order valence-electron chi connectivity index (χ2n) is 2.97. The quantitative estimate of drug-likeness (QED) is 0.721. The molecule has 0 atom stereocenters. The molecule has 0 saturated carbocycles. The van der Waals surface area contributed by atoms with Gasteiger partial charge in [0.05, 0.1) is 0 Å². The van der Waals surface area contributed by atoms with Crippen LogP contribution in [0.4, 0.5) is 0 Å². The molecular weight excluding hydrogens is 259 g/mol. The van der Waals surface area contributed by atoms with Crippen LogP contribution < -0.4 is 4.35 Å². The summed E-state index contributed by atoms with van der Waals surface area (Å²) in [5.41, 5.74) is 0. The summed E-state index contributed by atoms with van der Waals surface area (Å²) in [4.78, 5) is 0. The van der Waals surface area contributed by atoms with Crippen molar-refractivity contribution < 1.29 is 0 Å². The zero-order valence-corrected chi connectivity index (χ0v) is 11.0. The van der Waals surface area contributed by atoms with Crippen molar-refractivity contribution >= 4 is 36.7 Å². The van der Waals surface area contributed by atoms with Crippen molar-refractivity contribution in [1.82, 2.24) is 0 Å². The summed E-state index contributed by atoms with van der Waals surface area (Å²) in [6.07, 6.45) is 2.85. The Bertz CT molecular complexity index is 242. The molecule has 0 nitrogen and oxygen atoms in total. The Morgan fingerprint density at radius 2 is 1.54 bits per heavy atom. The summed E-state index contributed by atoms with van der Waals surface area (Å²) in [5.74, 6) is 2.78. The molecule has 0 N–H and O–H groups in total. The fourth-order valence-electron chi connectivity index (χ4n) is 1.24. The van der Waals surface area contributed by atoms with E-state index in [0.717, 1.165) is 0 Å². The first-order valence-corrected chi connectivity index (χ1v) is 12.0. The molecule has 1 aromatic rings. The van der Waals surface area contributed by atoms with Gasteiger partial charge in [0.2, 0.25) is 0 Å². The Hall–Kier alpha value is 0.478. The molecule has 2 rings (SSSR count). The summed E-state index contributed by atoms with van der Waals surface area (Å²) >= 11 is -0.765. The molecule has 3 heteroatoms. The van der Waals surface area contributed by atoms with Crippen LogP contribution in [-0.2, 0) is 0 Å². The maximum absolute atomic E-state index is 2.31. The van der Waals surface area contributed by atoms with Gasteiger partial charge < -0.3 is 0 Å². The fraction of sp³-hybridized carbons (Fsp3) is 0.400. The second-order valence-corrected chi connectivity index (χ2v) is 14.7. The third-order valence-electron chi connectivity index (χ3n) is 1.92. The third kappa shape index (κ3) is 2.97. The van der Waals surface area contributed by atoms with Gasteiger partial charge in [-0.15, -0.1) is 0 Å². The van der Waals surface area contributed by atoms with E-state index in [9.17, 15) is 0 Å². The van der Waals surface area contributed by atoms with Crippen LogP contribution >= 0.6 is 20.0 Å². The second kappa shape index (κ2) is 5.38. The predicted molar refractivity (Wildman–Crippen MR) is 66.0 cm³/mol. The van der Waals surface area contributed by atoms with Gasteiger partial charge in [-0.3, -0.25) is 0 Å². The molecule has 0 amide bonds. The SMILES string of the molecule is c1ccc([As]2SCCCCS2)cc1. The Kier molecular flexibility index (Phi) is 4.14. The summed E-state index contributed by atoms with van der Waals surface area (Å²) < 4.78 is 1.63. The van der Waals surface area contributed by atoms with Crippen molar-refractivity contribution in [3.05, 3.63) is 30.3 Å². The normalized spacial score (nSPS) is 19.7. The van der Waals surface area contributed by atoms with Gasteiger partial charge in [-0.25, -0.2) is 0 Å². The standard InChI is InChI=1S/C10H13AsS2/c1-2-6-10(7-3-1)11-12-8-4-5-9-13-11/h1-3,6-7H,4-5,8-9H2. The maximum atomic E-state index is 2.31. The summed E-state index contributed by atoms with van der Waals surface area (Å²) in [5, 5.41) is 0. The van der Waals surface area contributed by atoms with E-state index < -0.39 is 12.3 Å². The van der Waals surface area contributed by atoms with Crippen molar-refractivity contribution in [3.63, 3.8) is 0 Å². The molecule has 1 fully saturated rings. The van der Waals surface area contributed by atoms with Gasteiger partial charge >= 0.3 is 91.4 Å². The third-order valence-corrected chi connectivity index (χ3v) is 15.6. The van der Waals surface area contributed by atoms with E-state index in [1.165, 1.54) is 24.3 Å². The first-order chi connectivity index (χ1) is 6.47. The molecule has 0 radical (unpaired) electrons. The first kappa shape index (κ1) is 10.0. The molecule has 70 valence electrons. The van der Waals surface area contributed by atoms with Crippen LogP contribution in [0.1, 0.15) is 12.8 Å². The van der Waals surface area contributed by atoms with Gasteiger partial charge in [0, 0.05) is 0 Å². The van der Waals surface area contributed by atoms with E-state index in [4.69, 9.17) is 0 Å². The molecule has 1 saturated heterocycles. The van der Waals surface area contributed by atoms with Gasteiger partial charge in [-0.2, -0.15) is 0 Å². The molecule has 0 bridgehead atoms. The Labute approximate surface area is 91.1 Å². The minimum atomic E-state index is -0.765. The van der Waals surface area contributed by atoms with Crippen LogP contribution in [-0.4, -0.2) is 23.8 Å². The Morgan fingerprint density at radius 3 is 2.15 bits per heavy atom. The molecule has 1 aromatic carbocycles. The Balaban J connectivity index is 2.06. The van der Waals surface area contributed by atoms with Gasteiger partial charge in [0.1, 0.15) is 0 Å². The van der Waals surface area contributed by atoms with Crippen molar-refractivity contribution in [3.8, 4) is 0 Å². The van der Waals surface area contributed by atoms with Gasteiger partial charge in [0.25, 0.3) is 0 Å². The van der Waals surface area contributed by atoms with Crippen LogP contribution in [0.5, 0.6) is 0 Å². The van der Waals surface area contributed by atoms with Crippen LogP contribution in [0.15, 0.2) is 30.3 Å². The number of hydrogen-bond donors (Lipinski definition) is 0. The fourth-order valence-corrected chi connectivity index (χ4v) is 14.3. The van der Waals surface area contributed by atoms with Gasteiger partial charge in [-0.05, 0) is 0 Å². The van der Waals surface area contributed by atoms with E-state index in [1.807, 2.05) is 0 Å². The van der Waals surface area contributed by atoms with Crippen LogP contribution in [0.3, 0.4) is 0 Å². The summed E-state index contributed by atoms with van der Waals surface area (Å²) in [6, 6.07) is 11.1. The topological polar surface area (TPSA) is 0 Å². The Morgan fingerprint density at radius 1 is 0.923 bits per heavy atom. The molecule has 0 unspecified atom stereocenters. The van der Waals surface area contributed by atoms with E-state index in [1.54, 1.807) is 4.35 Å². The van der Waals surface area contributed by atoms with Crippen LogP contribution in [0, 0.1) is 0 Å². The number of benzene rings is 1. The minimum absolute atomic E-state index is 0.765. The van der Waals surface area contributed by atoms with Crippen molar-refractivity contribution in [1.29, 1.82) is 0 Å². The monoisotopic (exact) mass is 272 g/mol. The van der Waals surface area contributed by atoms with E-state index in [-0.39, 0.29) is 0 Å². The molecule has 1 aliphatic heterocycles. The van der Waals surface area contributed by atoms with E-state index in [0.29, 0.717) is 0 Å². The van der Waals surface area contributed by atoms with Gasteiger partial charge in [0.15, 0.2) is 0 Å². The molecular formula is C10H13AsS2. The molecule has 0 aliphatic carbocycles. The average molecular weight is 272 g/mol. The first-order valence-electron chi connectivity index (χ1n) is 4.58. The van der Waals surface area contributed by atoms with Crippen molar-refractivity contribution in [2.45, 2.75) is 12.8 Å².